The summed E-state index contributed by atoms with van der Waals surface area (Å²) in [7, 11) is 1.82. The molecule has 26 heavy (non-hydrogen) atoms. The summed E-state index contributed by atoms with van der Waals surface area (Å²) in [5.41, 5.74) is 4.57. The molecular formula is C20H26N4O2. The first kappa shape index (κ1) is 17.1. The van der Waals surface area contributed by atoms with Crippen LogP contribution in [0.3, 0.4) is 0 Å². The number of carbonyl (C=O) groups excluding carboxylic acids is 1. The van der Waals surface area contributed by atoms with Crippen LogP contribution < -0.4 is 0 Å². The first-order valence-electron chi connectivity index (χ1n) is 9.22. The fraction of sp³-hybridized carbons (Fsp3) is 0.500. The maximum Gasteiger partial charge on any atom is 0.410 e. The van der Waals surface area contributed by atoms with Crippen molar-refractivity contribution in [2.75, 3.05) is 26.7 Å². The van der Waals surface area contributed by atoms with Gasteiger partial charge in [0.25, 0.3) is 0 Å². The first-order valence-corrected chi connectivity index (χ1v) is 9.22. The van der Waals surface area contributed by atoms with Gasteiger partial charge in [0.15, 0.2) is 0 Å². The lowest BCUT2D eigenvalue weighted by atomic mass is 9.92. The van der Waals surface area contributed by atoms with Crippen LogP contribution in [0.4, 0.5) is 4.79 Å². The molecule has 6 heteroatoms. The van der Waals surface area contributed by atoms with Crippen LogP contribution in [-0.2, 0) is 11.3 Å². The molecule has 0 radical (unpaired) electrons. The predicted octanol–water partition coefficient (Wildman–Crippen LogP) is 2.91. The molecule has 0 saturated carbocycles. The van der Waals surface area contributed by atoms with Gasteiger partial charge in [-0.2, -0.15) is 5.10 Å². The van der Waals surface area contributed by atoms with E-state index in [-0.39, 0.29) is 11.7 Å². The molecule has 2 saturated heterocycles. The Bertz CT molecular complexity index is 817. The van der Waals surface area contributed by atoms with Gasteiger partial charge >= 0.3 is 6.09 Å². The van der Waals surface area contributed by atoms with Gasteiger partial charge in [0.2, 0.25) is 0 Å². The SMILES string of the molecule is Cc1cc(C)c(CN2CCC[C@@]3(C2)CN(C)C(=O)O3)c(-n2cccn2)c1. The van der Waals surface area contributed by atoms with Crippen molar-refractivity contribution in [2.45, 2.75) is 38.8 Å². The third-order valence-corrected chi connectivity index (χ3v) is 5.49. The number of likely N-dealkylation sites (tertiary alicyclic amines) is 1. The molecule has 0 unspecified atom stereocenters. The third-order valence-electron chi connectivity index (χ3n) is 5.49. The van der Waals surface area contributed by atoms with E-state index in [2.05, 4.69) is 36.0 Å². The summed E-state index contributed by atoms with van der Waals surface area (Å²) in [6.45, 7) is 7.61. The van der Waals surface area contributed by atoms with Crippen LogP contribution in [-0.4, -0.2) is 58.0 Å². The summed E-state index contributed by atoms with van der Waals surface area (Å²) in [6.07, 6.45) is 5.59. The zero-order chi connectivity index (χ0) is 18.3. The van der Waals surface area contributed by atoms with E-state index >= 15 is 0 Å². The second kappa shape index (κ2) is 6.43. The Morgan fingerprint density at radius 3 is 2.81 bits per heavy atom. The first-order chi connectivity index (χ1) is 12.5. The highest BCUT2D eigenvalue weighted by molar-refractivity contribution is 5.70. The number of benzene rings is 1. The molecule has 1 spiro atoms. The summed E-state index contributed by atoms with van der Waals surface area (Å²) in [6, 6.07) is 6.37. The van der Waals surface area contributed by atoms with Crippen LogP contribution in [0.15, 0.2) is 30.6 Å². The van der Waals surface area contributed by atoms with Crippen molar-refractivity contribution >= 4 is 6.09 Å². The number of amides is 1. The third kappa shape index (κ3) is 3.09. The molecular weight excluding hydrogens is 328 g/mol. The van der Waals surface area contributed by atoms with E-state index < -0.39 is 0 Å². The second-order valence-corrected chi connectivity index (χ2v) is 7.75. The van der Waals surface area contributed by atoms with Crippen molar-refractivity contribution in [2.24, 2.45) is 0 Å². The van der Waals surface area contributed by atoms with Gasteiger partial charge in [0.05, 0.1) is 12.2 Å². The molecule has 2 aromatic rings. The van der Waals surface area contributed by atoms with Gasteiger partial charge in [-0.15, -0.1) is 0 Å². The number of ether oxygens (including phenoxy) is 1. The summed E-state index contributed by atoms with van der Waals surface area (Å²) in [5.74, 6) is 0. The van der Waals surface area contributed by atoms with Crippen molar-refractivity contribution in [1.82, 2.24) is 19.6 Å². The van der Waals surface area contributed by atoms with E-state index in [1.54, 1.807) is 4.90 Å². The molecule has 0 N–H and O–H groups in total. The minimum Gasteiger partial charge on any atom is -0.440 e. The number of carbonyl (C=O) groups is 1. The molecule has 3 heterocycles. The highest BCUT2D eigenvalue weighted by Gasteiger charge is 2.46. The molecule has 2 aliphatic rings. The van der Waals surface area contributed by atoms with Crippen molar-refractivity contribution in [3.8, 4) is 5.69 Å². The van der Waals surface area contributed by atoms with Crippen LogP contribution in [0.1, 0.15) is 29.5 Å². The Kier molecular flexibility index (Phi) is 4.23. The molecule has 0 bridgehead atoms. The number of rotatable bonds is 3. The van der Waals surface area contributed by atoms with Crippen LogP contribution in [0.5, 0.6) is 0 Å². The number of hydrogen-bond acceptors (Lipinski definition) is 4. The van der Waals surface area contributed by atoms with Crippen LogP contribution in [0, 0.1) is 13.8 Å². The Morgan fingerprint density at radius 1 is 1.27 bits per heavy atom. The van der Waals surface area contributed by atoms with E-state index in [0.717, 1.165) is 38.2 Å². The molecule has 2 aliphatic heterocycles. The lowest BCUT2D eigenvalue weighted by Crippen LogP contribution is -2.50. The van der Waals surface area contributed by atoms with Crippen LogP contribution >= 0.6 is 0 Å². The van der Waals surface area contributed by atoms with Gasteiger partial charge in [-0.3, -0.25) is 4.90 Å². The fourth-order valence-electron chi connectivity index (χ4n) is 4.35. The molecule has 2 fully saturated rings. The number of piperidine rings is 1. The maximum absolute atomic E-state index is 11.9. The molecule has 0 aliphatic carbocycles. The number of hydrogen-bond donors (Lipinski definition) is 0. The number of nitrogens with zero attached hydrogens (tertiary/aromatic N) is 4. The highest BCUT2D eigenvalue weighted by Crippen LogP contribution is 2.33. The van der Waals surface area contributed by atoms with Gasteiger partial charge in [-0.25, -0.2) is 9.48 Å². The summed E-state index contributed by atoms with van der Waals surface area (Å²) in [5, 5.41) is 4.44. The van der Waals surface area contributed by atoms with Crippen LogP contribution in [0.25, 0.3) is 5.69 Å². The molecule has 6 nitrogen and oxygen atoms in total. The predicted molar refractivity (Wildman–Crippen MR) is 99.4 cm³/mol. The van der Waals surface area contributed by atoms with E-state index in [4.69, 9.17) is 4.74 Å². The average molecular weight is 354 g/mol. The molecule has 1 amide bonds. The smallest absolute Gasteiger partial charge is 0.410 e. The summed E-state index contributed by atoms with van der Waals surface area (Å²) < 4.78 is 7.69. The van der Waals surface area contributed by atoms with Crippen LogP contribution in [0.2, 0.25) is 0 Å². The van der Waals surface area contributed by atoms with Gasteiger partial charge in [-0.05, 0) is 62.1 Å². The normalized spacial score (nSPS) is 23.7. The number of aryl methyl sites for hydroxylation is 2. The van der Waals surface area contributed by atoms with Gasteiger partial charge in [0, 0.05) is 32.5 Å². The van der Waals surface area contributed by atoms with E-state index in [1.165, 1.54) is 16.7 Å². The largest absolute Gasteiger partial charge is 0.440 e. The summed E-state index contributed by atoms with van der Waals surface area (Å²) in [4.78, 5) is 16.0. The van der Waals surface area contributed by atoms with E-state index in [9.17, 15) is 4.79 Å². The molecule has 4 rings (SSSR count). The minimum atomic E-state index is -0.353. The van der Waals surface area contributed by atoms with Crippen molar-refractivity contribution in [3.63, 3.8) is 0 Å². The quantitative estimate of drug-likeness (QED) is 0.850. The van der Waals surface area contributed by atoms with Crippen molar-refractivity contribution in [1.29, 1.82) is 0 Å². The second-order valence-electron chi connectivity index (χ2n) is 7.75. The van der Waals surface area contributed by atoms with E-state index in [0.29, 0.717) is 6.54 Å². The Labute approximate surface area is 154 Å². The topological polar surface area (TPSA) is 50.6 Å². The fourth-order valence-corrected chi connectivity index (χ4v) is 4.35. The zero-order valence-corrected chi connectivity index (χ0v) is 15.7. The van der Waals surface area contributed by atoms with Gasteiger partial charge < -0.3 is 9.64 Å². The average Bonchev–Trinajstić information content (AvgIpc) is 3.19. The minimum absolute atomic E-state index is 0.199. The van der Waals surface area contributed by atoms with Crippen molar-refractivity contribution < 1.29 is 9.53 Å². The Hall–Kier alpha value is -2.34. The number of aromatic nitrogens is 2. The van der Waals surface area contributed by atoms with Gasteiger partial charge in [-0.1, -0.05) is 6.07 Å². The molecule has 1 aromatic heterocycles. The lowest BCUT2D eigenvalue weighted by molar-refractivity contribution is -0.0114. The summed E-state index contributed by atoms with van der Waals surface area (Å²) >= 11 is 0. The number of likely N-dealkylation sites (N-methyl/N-ethyl adjacent to an activating group) is 1. The van der Waals surface area contributed by atoms with E-state index in [1.807, 2.05) is 30.2 Å². The lowest BCUT2D eigenvalue weighted by Gasteiger charge is -2.38. The molecule has 1 atom stereocenters. The Morgan fingerprint density at radius 2 is 2.12 bits per heavy atom. The van der Waals surface area contributed by atoms with Gasteiger partial charge in [0.1, 0.15) is 5.60 Å². The standard InChI is InChI=1S/C20H26N4O2/c1-15-10-16(2)17(18(11-15)24-9-5-7-21-24)12-23-8-4-6-20(14-23)13-22(3)19(25)26-20/h5,7,9-11H,4,6,8,12-14H2,1-3H3/t20-/m0/s1. The Balaban J connectivity index is 1.60. The molecule has 1 aromatic carbocycles. The highest BCUT2D eigenvalue weighted by atomic mass is 16.6. The molecule has 138 valence electrons. The monoisotopic (exact) mass is 354 g/mol. The maximum atomic E-state index is 11.9. The zero-order valence-electron chi connectivity index (χ0n) is 15.7. The van der Waals surface area contributed by atoms with Crippen molar-refractivity contribution in [3.05, 3.63) is 47.3 Å².